The van der Waals surface area contributed by atoms with Gasteiger partial charge in [-0.25, -0.2) is 0 Å². The van der Waals surface area contributed by atoms with Crippen LogP contribution in [-0.4, -0.2) is 26.7 Å². The molecule has 13 heavy (non-hydrogen) atoms. The van der Waals surface area contributed by atoms with Crippen LogP contribution in [-0.2, 0) is 8.85 Å². The Bertz CT molecular complexity index is 116. The molecular formula is C9H21BrO2Si. The van der Waals surface area contributed by atoms with E-state index >= 15 is 0 Å². The third-order valence-corrected chi connectivity index (χ3v) is 7.64. The van der Waals surface area contributed by atoms with Crippen LogP contribution in [0, 0.1) is 0 Å². The average Bonchev–Trinajstić information content (AvgIpc) is 2.15. The van der Waals surface area contributed by atoms with Crippen LogP contribution in [0.1, 0.15) is 33.6 Å². The summed E-state index contributed by atoms with van der Waals surface area (Å²) in [4.78, 5) is 0.891. The van der Waals surface area contributed by atoms with Gasteiger partial charge in [-0.3, -0.25) is 0 Å². The largest absolute Gasteiger partial charge is 0.394 e. The van der Waals surface area contributed by atoms with E-state index in [0.717, 1.165) is 24.2 Å². The quantitative estimate of drug-likeness (QED) is 0.497. The Morgan fingerprint density at radius 2 is 1.62 bits per heavy atom. The second-order valence-corrected chi connectivity index (χ2v) is 7.86. The Labute approximate surface area is 91.4 Å². The fourth-order valence-corrected chi connectivity index (χ4v) is 5.72. The molecule has 0 aromatic rings. The maximum Gasteiger partial charge on any atom is 0.349 e. The highest BCUT2D eigenvalue weighted by Gasteiger charge is 2.34. The molecule has 0 aliphatic rings. The molecule has 0 rings (SSSR count). The summed E-state index contributed by atoms with van der Waals surface area (Å²) in [6, 6.07) is 1.11. The van der Waals surface area contributed by atoms with Crippen molar-refractivity contribution in [3.63, 3.8) is 0 Å². The van der Waals surface area contributed by atoms with Gasteiger partial charge in [-0.1, -0.05) is 35.7 Å². The molecule has 0 heterocycles. The smallest absolute Gasteiger partial charge is 0.349 e. The first-order valence-electron chi connectivity index (χ1n) is 5.08. The molecule has 0 amide bonds. The molecule has 0 unspecified atom stereocenters. The number of halogens is 1. The molecule has 0 aromatic heterocycles. The SMILES string of the molecule is CCCC[Si](CBr)(OCC)OCC. The zero-order valence-electron chi connectivity index (χ0n) is 8.94. The first-order chi connectivity index (χ1) is 6.24. The lowest BCUT2D eigenvalue weighted by molar-refractivity contribution is 0.187. The second-order valence-electron chi connectivity index (χ2n) is 3.01. The molecule has 0 atom stereocenters. The van der Waals surface area contributed by atoms with E-state index in [2.05, 4.69) is 22.9 Å². The van der Waals surface area contributed by atoms with Crippen molar-refractivity contribution in [3.8, 4) is 0 Å². The minimum Gasteiger partial charge on any atom is -0.394 e. The van der Waals surface area contributed by atoms with E-state index in [1.807, 2.05) is 13.8 Å². The summed E-state index contributed by atoms with van der Waals surface area (Å²) in [7, 11) is -1.87. The molecular weight excluding hydrogens is 248 g/mol. The van der Waals surface area contributed by atoms with Crippen molar-refractivity contribution in [1.82, 2.24) is 0 Å². The van der Waals surface area contributed by atoms with E-state index in [-0.39, 0.29) is 0 Å². The van der Waals surface area contributed by atoms with Gasteiger partial charge in [0.05, 0.1) is 0 Å². The van der Waals surface area contributed by atoms with Gasteiger partial charge >= 0.3 is 8.56 Å². The number of hydrogen-bond donors (Lipinski definition) is 0. The minimum atomic E-state index is -1.87. The molecule has 0 aliphatic heterocycles. The van der Waals surface area contributed by atoms with Crippen molar-refractivity contribution < 1.29 is 8.85 Å². The average molecular weight is 269 g/mol. The van der Waals surface area contributed by atoms with E-state index in [1.165, 1.54) is 12.8 Å². The highest BCUT2D eigenvalue weighted by atomic mass is 79.9. The van der Waals surface area contributed by atoms with Crippen LogP contribution in [0.15, 0.2) is 0 Å². The molecule has 2 nitrogen and oxygen atoms in total. The van der Waals surface area contributed by atoms with Crippen LogP contribution in [0.25, 0.3) is 0 Å². The Morgan fingerprint density at radius 1 is 1.08 bits per heavy atom. The van der Waals surface area contributed by atoms with Crippen LogP contribution in [0.4, 0.5) is 0 Å². The minimum absolute atomic E-state index is 0.765. The second kappa shape index (κ2) is 7.97. The zero-order chi connectivity index (χ0) is 10.2. The van der Waals surface area contributed by atoms with E-state index < -0.39 is 8.56 Å². The molecule has 0 aliphatic carbocycles. The van der Waals surface area contributed by atoms with Gasteiger partial charge in [0.1, 0.15) is 0 Å². The lowest BCUT2D eigenvalue weighted by Crippen LogP contribution is -2.44. The molecule has 0 aromatic carbocycles. The van der Waals surface area contributed by atoms with Crippen LogP contribution in [0.5, 0.6) is 0 Å². The van der Waals surface area contributed by atoms with Crippen LogP contribution >= 0.6 is 15.9 Å². The molecule has 0 spiro atoms. The monoisotopic (exact) mass is 268 g/mol. The van der Waals surface area contributed by atoms with E-state index in [1.54, 1.807) is 0 Å². The van der Waals surface area contributed by atoms with Crippen molar-refractivity contribution in [2.75, 3.05) is 18.2 Å². The molecule has 0 radical (unpaired) electrons. The summed E-state index contributed by atoms with van der Waals surface area (Å²) < 4.78 is 11.6. The molecule has 0 N–H and O–H groups in total. The zero-order valence-corrected chi connectivity index (χ0v) is 11.5. The number of hydrogen-bond acceptors (Lipinski definition) is 2. The van der Waals surface area contributed by atoms with Gasteiger partial charge in [-0.2, -0.15) is 0 Å². The summed E-state index contributed by atoms with van der Waals surface area (Å²) in [6.45, 7) is 7.80. The highest BCUT2D eigenvalue weighted by molar-refractivity contribution is 9.09. The molecule has 4 heteroatoms. The topological polar surface area (TPSA) is 18.5 Å². The first-order valence-corrected chi connectivity index (χ1v) is 8.43. The highest BCUT2D eigenvalue weighted by Crippen LogP contribution is 2.19. The maximum absolute atomic E-state index is 5.79. The lowest BCUT2D eigenvalue weighted by Gasteiger charge is -2.27. The van der Waals surface area contributed by atoms with Gasteiger partial charge in [0.2, 0.25) is 0 Å². The number of unbranched alkanes of at least 4 members (excludes halogenated alkanes) is 1. The maximum atomic E-state index is 5.79. The van der Waals surface area contributed by atoms with E-state index in [0.29, 0.717) is 0 Å². The van der Waals surface area contributed by atoms with Gasteiger partial charge in [-0.05, 0) is 19.9 Å². The van der Waals surface area contributed by atoms with E-state index in [9.17, 15) is 0 Å². The third-order valence-electron chi connectivity index (χ3n) is 1.93. The van der Waals surface area contributed by atoms with Gasteiger partial charge in [0.25, 0.3) is 0 Å². The molecule has 0 fully saturated rings. The summed E-state index contributed by atoms with van der Waals surface area (Å²) in [6.07, 6.45) is 2.42. The van der Waals surface area contributed by atoms with Crippen LogP contribution < -0.4 is 0 Å². The molecule has 0 saturated carbocycles. The van der Waals surface area contributed by atoms with Crippen molar-refractivity contribution in [1.29, 1.82) is 0 Å². The number of alkyl halides is 1. The lowest BCUT2D eigenvalue weighted by atomic mass is 10.4. The third kappa shape index (κ3) is 5.15. The first kappa shape index (κ1) is 13.6. The number of rotatable bonds is 8. The Morgan fingerprint density at radius 3 is 1.92 bits per heavy atom. The van der Waals surface area contributed by atoms with E-state index in [4.69, 9.17) is 8.85 Å². The molecule has 0 saturated heterocycles. The Kier molecular flexibility index (Phi) is 8.35. The summed E-state index contributed by atoms with van der Waals surface area (Å²) in [5, 5.41) is 0. The van der Waals surface area contributed by atoms with Crippen molar-refractivity contribution in [3.05, 3.63) is 0 Å². The van der Waals surface area contributed by atoms with Gasteiger partial charge in [0, 0.05) is 18.2 Å². The summed E-state index contributed by atoms with van der Waals surface area (Å²) in [5.74, 6) is 0. The summed E-state index contributed by atoms with van der Waals surface area (Å²) in [5.41, 5.74) is 0. The fourth-order valence-electron chi connectivity index (χ4n) is 1.30. The Hall–Kier alpha value is 0.617. The molecule has 80 valence electrons. The predicted octanol–water partition coefficient (Wildman–Crippen LogP) is 3.24. The summed E-state index contributed by atoms with van der Waals surface area (Å²) >= 11 is 3.52. The normalized spacial score (nSPS) is 12.0. The van der Waals surface area contributed by atoms with Crippen LogP contribution in [0.3, 0.4) is 0 Å². The fraction of sp³-hybridized carbons (Fsp3) is 1.00. The Balaban J connectivity index is 4.07. The van der Waals surface area contributed by atoms with Gasteiger partial charge in [-0.15, -0.1) is 0 Å². The van der Waals surface area contributed by atoms with Gasteiger partial charge in [0.15, 0.2) is 0 Å². The van der Waals surface area contributed by atoms with Crippen molar-refractivity contribution in [2.45, 2.75) is 39.7 Å². The van der Waals surface area contributed by atoms with Gasteiger partial charge < -0.3 is 8.85 Å². The van der Waals surface area contributed by atoms with Crippen molar-refractivity contribution >= 4 is 24.5 Å². The molecule has 0 bridgehead atoms. The van der Waals surface area contributed by atoms with Crippen LogP contribution in [0.2, 0.25) is 6.04 Å². The van der Waals surface area contributed by atoms with Crippen molar-refractivity contribution in [2.24, 2.45) is 0 Å². The predicted molar refractivity (Wildman–Crippen MR) is 62.5 cm³/mol. The standard InChI is InChI=1S/C9H21BrO2Si/c1-4-7-8-13(9-10,11-5-2)12-6-3/h4-9H2,1-3H3.